The third-order valence-corrected chi connectivity index (χ3v) is 4.46. The van der Waals surface area contributed by atoms with Crippen LogP contribution >= 0.6 is 0 Å². The molecule has 0 radical (unpaired) electrons. The van der Waals surface area contributed by atoms with Gasteiger partial charge in [-0.25, -0.2) is 4.79 Å². The molecule has 152 valence electrons. The van der Waals surface area contributed by atoms with E-state index in [-0.39, 0.29) is 6.42 Å². The van der Waals surface area contributed by atoms with Gasteiger partial charge in [0.25, 0.3) is 0 Å². The Balaban J connectivity index is 0.000000445. The van der Waals surface area contributed by atoms with Crippen molar-refractivity contribution in [2.45, 2.75) is 57.7 Å². The molecule has 5 nitrogen and oxygen atoms in total. The van der Waals surface area contributed by atoms with Gasteiger partial charge in [0.05, 0.1) is 6.42 Å². The Morgan fingerprint density at radius 3 is 2.15 bits per heavy atom. The number of alkyl halides is 3. The Labute approximate surface area is 156 Å². The summed E-state index contributed by atoms with van der Waals surface area (Å²) in [6, 6.07) is 9.26. The molecule has 0 saturated carbocycles. The van der Waals surface area contributed by atoms with E-state index in [1.54, 1.807) is 0 Å². The summed E-state index contributed by atoms with van der Waals surface area (Å²) in [6.07, 6.45) is -1.29. The van der Waals surface area contributed by atoms with Gasteiger partial charge in [0.15, 0.2) is 0 Å². The van der Waals surface area contributed by atoms with Crippen molar-refractivity contribution < 1.29 is 33.0 Å². The van der Waals surface area contributed by atoms with Crippen molar-refractivity contribution >= 4 is 11.9 Å². The highest BCUT2D eigenvalue weighted by Gasteiger charge is 2.38. The van der Waals surface area contributed by atoms with Crippen LogP contribution in [-0.4, -0.2) is 46.3 Å². The molecule has 1 aromatic rings. The average Bonchev–Trinajstić information content (AvgIpc) is 2.60. The minimum atomic E-state index is -5.08. The molecule has 1 heterocycles. The maximum Gasteiger partial charge on any atom is 0.490 e. The number of likely N-dealkylation sites (tertiary alicyclic amines) is 1. The van der Waals surface area contributed by atoms with Gasteiger partial charge in [-0.15, -0.1) is 0 Å². The lowest BCUT2D eigenvalue weighted by atomic mass is 9.93. The van der Waals surface area contributed by atoms with E-state index in [9.17, 15) is 18.0 Å². The molecule has 27 heavy (non-hydrogen) atoms. The summed E-state index contributed by atoms with van der Waals surface area (Å²) in [4.78, 5) is 22.0. The number of carbonyl (C=O) groups is 2. The number of piperidine rings is 1. The maximum atomic E-state index is 10.8. The fourth-order valence-corrected chi connectivity index (χ4v) is 2.98. The Bertz CT molecular complexity index is 614. The lowest BCUT2D eigenvalue weighted by Crippen LogP contribution is -2.35. The predicted molar refractivity (Wildman–Crippen MR) is 94.6 cm³/mol. The third kappa shape index (κ3) is 7.99. The minimum absolute atomic E-state index is 0.237. The van der Waals surface area contributed by atoms with E-state index in [0.717, 1.165) is 13.0 Å². The van der Waals surface area contributed by atoms with Gasteiger partial charge in [-0.3, -0.25) is 9.69 Å². The number of carboxylic acid groups (broad SMARTS) is 2. The van der Waals surface area contributed by atoms with Crippen LogP contribution in [-0.2, 0) is 9.59 Å². The van der Waals surface area contributed by atoms with Crippen LogP contribution in [0.2, 0.25) is 0 Å². The van der Waals surface area contributed by atoms with Crippen LogP contribution in [0.15, 0.2) is 24.3 Å². The Hall–Kier alpha value is -2.09. The van der Waals surface area contributed by atoms with E-state index in [1.165, 1.54) is 24.0 Å². The zero-order valence-electron chi connectivity index (χ0n) is 15.5. The molecule has 1 fully saturated rings. The first-order chi connectivity index (χ1) is 12.5. The van der Waals surface area contributed by atoms with Gasteiger partial charge < -0.3 is 10.2 Å². The summed E-state index contributed by atoms with van der Waals surface area (Å²) >= 11 is 0. The van der Waals surface area contributed by atoms with E-state index < -0.39 is 18.1 Å². The molecule has 0 spiro atoms. The van der Waals surface area contributed by atoms with E-state index >= 15 is 0 Å². The van der Waals surface area contributed by atoms with E-state index in [4.69, 9.17) is 15.0 Å². The Kier molecular flexibility index (Phi) is 8.75. The molecule has 0 bridgehead atoms. The minimum Gasteiger partial charge on any atom is -0.481 e. The second-order valence-electron chi connectivity index (χ2n) is 6.82. The smallest absolute Gasteiger partial charge is 0.481 e. The van der Waals surface area contributed by atoms with Crippen molar-refractivity contribution in [1.29, 1.82) is 0 Å². The SMILES string of the molecule is CC(C)c1ccc(C2CCCCN2CCC(=O)O)cc1.O=C(O)C(F)(F)F. The van der Waals surface area contributed by atoms with Crippen molar-refractivity contribution in [3.63, 3.8) is 0 Å². The molecule has 0 aliphatic carbocycles. The van der Waals surface area contributed by atoms with Gasteiger partial charge >= 0.3 is 18.1 Å². The van der Waals surface area contributed by atoms with E-state index in [0.29, 0.717) is 18.5 Å². The molecule has 1 saturated heterocycles. The molecular weight excluding hydrogens is 363 g/mol. The largest absolute Gasteiger partial charge is 0.490 e. The number of halogens is 3. The summed E-state index contributed by atoms with van der Waals surface area (Å²) in [6.45, 7) is 6.08. The number of rotatable bonds is 5. The summed E-state index contributed by atoms with van der Waals surface area (Å²) < 4.78 is 31.7. The second-order valence-corrected chi connectivity index (χ2v) is 6.82. The normalized spacial score (nSPS) is 17.9. The van der Waals surface area contributed by atoms with Gasteiger partial charge in [0, 0.05) is 12.6 Å². The monoisotopic (exact) mass is 389 g/mol. The molecule has 1 aliphatic heterocycles. The third-order valence-electron chi connectivity index (χ3n) is 4.46. The van der Waals surface area contributed by atoms with Gasteiger partial charge in [0.1, 0.15) is 0 Å². The number of carboxylic acids is 2. The van der Waals surface area contributed by atoms with Crippen LogP contribution in [0, 0.1) is 0 Å². The van der Waals surface area contributed by atoms with Gasteiger partial charge in [-0.1, -0.05) is 44.5 Å². The van der Waals surface area contributed by atoms with Crippen LogP contribution in [0.5, 0.6) is 0 Å². The number of nitrogens with zero attached hydrogens (tertiary/aromatic N) is 1. The molecule has 8 heteroatoms. The van der Waals surface area contributed by atoms with Crippen LogP contribution < -0.4 is 0 Å². The molecule has 1 aliphatic rings. The van der Waals surface area contributed by atoms with E-state index in [2.05, 4.69) is 43.0 Å². The standard InChI is InChI=1S/C17H25NO2.C2HF3O2/c1-13(2)14-6-8-15(9-7-14)16-5-3-4-11-18(16)12-10-17(19)20;3-2(4,5)1(6)7/h6-9,13,16H,3-5,10-12H2,1-2H3,(H,19,20);(H,6,7). The zero-order valence-corrected chi connectivity index (χ0v) is 15.5. The fourth-order valence-electron chi connectivity index (χ4n) is 2.98. The maximum absolute atomic E-state index is 10.8. The molecule has 1 unspecified atom stereocenters. The average molecular weight is 389 g/mol. The first-order valence-corrected chi connectivity index (χ1v) is 8.88. The summed E-state index contributed by atoms with van der Waals surface area (Å²) in [7, 11) is 0. The fraction of sp³-hybridized carbons (Fsp3) is 0.579. The van der Waals surface area contributed by atoms with E-state index in [1.807, 2.05) is 0 Å². The van der Waals surface area contributed by atoms with Crippen molar-refractivity contribution in [1.82, 2.24) is 4.90 Å². The van der Waals surface area contributed by atoms with Crippen LogP contribution in [0.1, 0.15) is 62.6 Å². The lowest BCUT2D eigenvalue weighted by Gasteiger charge is -2.35. The first kappa shape index (κ1) is 23.0. The number of benzene rings is 1. The van der Waals surface area contributed by atoms with Crippen molar-refractivity contribution in [3.8, 4) is 0 Å². The van der Waals surface area contributed by atoms with Gasteiger partial charge in [-0.05, 0) is 36.4 Å². The molecule has 1 aromatic carbocycles. The zero-order chi connectivity index (χ0) is 20.6. The van der Waals surface area contributed by atoms with Crippen LogP contribution in [0.3, 0.4) is 0 Å². The topological polar surface area (TPSA) is 77.8 Å². The molecular formula is C19H26F3NO4. The first-order valence-electron chi connectivity index (χ1n) is 8.88. The molecule has 2 N–H and O–H groups in total. The van der Waals surface area contributed by atoms with Gasteiger partial charge in [0.2, 0.25) is 0 Å². The summed E-state index contributed by atoms with van der Waals surface area (Å²) in [5.41, 5.74) is 2.70. The van der Waals surface area contributed by atoms with Gasteiger partial charge in [-0.2, -0.15) is 13.2 Å². The Morgan fingerprint density at radius 1 is 1.15 bits per heavy atom. The number of hydrogen-bond acceptors (Lipinski definition) is 3. The highest BCUT2D eigenvalue weighted by atomic mass is 19.4. The van der Waals surface area contributed by atoms with Crippen LogP contribution in [0.4, 0.5) is 13.2 Å². The highest BCUT2D eigenvalue weighted by molar-refractivity contribution is 5.73. The summed E-state index contributed by atoms with van der Waals surface area (Å²) in [5.74, 6) is -2.91. The number of hydrogen-bond donors (Lipinski definition) is 2. The highest BCUT2D eigenvalue weighted by Crippen LogP contribution is 2.31. The van der Waals surface area contributed by atoms with Crippen molar-refractivity contribution in [3.05, 3.63) is 35.4 Å². The van der Waals surface area contributed by atoms with Crippen molar-refractivity contribution in [2.75, 3.05) is 13.1 Å². The lowest BCUT2D eigenvalue weighted by molar-refractivity contribution is -0.192. The Morgan fingerprint density at radius 2 is 1.70 bits per heavy atom. The molecule has 2 rings (SSSR count). The predicted octanol–water partition coefficient (Wildman–Crippen LogP) is 4.45. The number of aliphatic carboxylic acids is 2. The van der Waals surface area contributed by atoms with Crippen LogP contribution in [0.25, 0.3) is 0 Å². The van der Waals surface area contributed by atoms with Crippen molar-refractivity contribution in [2.24, 2.45) is 0 Å². The molecule has 0 amide bonds. The summed E-state index contributed by atoms with van der Waals surface area (Å²) in [5, 5.41) is 16.0. The second kappa shape index (κ2) is 10.3. The quantitative estimate of drug-likeness (QED) is 0.778. The molecule has 1 atom stereocenters. The molecule has 0 aromatic heterocycles.